The van der Waals surface area contributed by atoms with Crippen molar-refractivity contribution in [1.82, 2.24) is 9.80 Å². The monoisotopic (exact) mass is 396 g/mol. The Balaban J connectivity index is 1.66. The number of piperazine rings is 1. The van der Waals surface area contributed by atoms with Crippen molar-refractivity contribution in [2.45, 2.75) is 30.2 Å². The van der Waals surface area contributed by atoms with Gasteiger partial charge in [0.05, 0.1) is 4.92 Å². The van der Waals surface area contributed by atoms with Crippen molar-refractivity contribution < 1.29 is 13.3 Å². The highest BCUT2D eigenvalue weighted by molar-refractivity contribution is 7.90. The molecule has 2 aliphatic heterocycles. The summed E-state index contributed by atoms with van der Waals surface area (Å²) in [4.78, 5) is 17.3. The summed E-state index contributed by atoms with van der Waals surface area (Å²) in [6, 6.07) is 5.01. The van der Waals surface area contributed by atoms with Gasteiger partial charge >= 0.3 is 0 Å². The quantitative estimate of drug-likeness (QED) is 0.552. The maximum Gasteiger partial charge on any atom is 0.288 e. The lowest BCUT2D eigenvalue weighted by molar-refractivity contribution is -0.387. The second kappa shape index (κ2) is 8.12. The fourth-order valence-corrected chi connectivity index (χ4v) is 4.87. The molecule has 1 unspecified atom stereocenters. The molecule has 2 aliphatic rings. The molecule has 0 aliphatic carbocycles. The zero-order chi connectivity index (χ0) is 19.6. The molecule has 0 aromatic heterocycles. The van der Waals surface area contributed by atoms with E-state index in [1.807, 2.05) is 0 Å². The fourth-order valence-electron chi connectivity index (χ4n) is 4.01. The largest absolute Gasteiger partial charge is 0.369 e. The van der Waals surface area contributed by atoms with Crippen molar-refractivity contribution >= 4 is 21.2 Å². The van der Waals surface area contributed by atoms with Crippen LogP contribution in [0.1, 0.15) is 19.3 Å². The number of likely N-dealkylation sites (N-methyl/N-ethyl adjacent to an activating group) is 1. The summed E-state index contributed by atoms with van der Waals surface area (Å²) in [5, 5.41) is 11.1. The Morgan fingerprint density at radius 3 is 2.44 bits per heavy atom. The Bertz CT molecular complexity index is 791. The molecule has 0 N–H and O–H groups in total. The number of piperidine rings is 1. The zero-order valence-corrected chi connectivity index (χ0v) is 16.8. The summed E-state index contributed by atoms with van der Waals surface area (Å²) in [6.07, 6.45) is 4.84. The van der Waals surface area contributed by atoms with E-state index in [1.165, 1.54) is 37.9 Å². The van der Waals surface area contributed by atoms with Gasteiger partial charge in [-0.05, 0) is 38.6 Å². The number of nitrogens with zero attached hydrogens (tertiary/aromatic N) is 4. The molecule has 0 spiro atoms. The lowest BCUT2D eigenvalue weighted by Crippen LogP contribution is -2.51. The zero-order valence-electron chi connectivity index (χ0n) is 16.0. The van der Waals surface area contributed by atoms with Crippen LogP contribution in [-0.4, -0.2) is 81.8 Å². The van der Waals surface area contributed by atoms with Crippen LogP contribution in [0.5, 0.6) is 0 Å². The summed E-state index contributed by atoms with van der Waals surface area (Å²) in [6.45, 7) is 5.64. The Labute approximate surface area is 160 Å². The van der Waals surface area contributed by atoms with Crippen LogP contribution in [0, 0.1) is 10.1 Å². The molecule has 0 radical (unpaired) electrons. The van der Waals surface area contributed by atoms with E-state index in [2.05, 4.69) is 21.7 Å². The van der Waals surface area contributed by atoms with Crippen LogP contribution in [0.25, 0.3) is 0 Å². The number of hydrogen-bond acceptors (Lipinski definition) is 7. The highest BCUT2D eigenvalue weighted by Gasteiger charge is 2.27. The fraction of sp³-hybridized carbons (Fsp3) is 0.667. The summed E-state index contributed by atoms with van der Waals surface area (Å²) < 4.78 is 23.9. The molecule has 9 heteroatoms. The van der Waals surface area contributed by atoms with E-state index in [9.17, 15) is 18.5 Å². The smallest absolute Gasteiger partial charge is 0.288 e. The second-order valence-electron chi connectivity index (χ2n) is 7.60. The number of hydrogen-bond donors (Lipinski definition) is 0. The minimum atomic E-state index is -3.66. The summed E-state index contributed by atoms with van der Waals surface area (Å²) in [5.41, 5.74) is 0.371. The van der Waals surface area contributed by atoms with E-state index in [-0.39, 0.29) is 10.6 Å². The van der Waals surface area contributed by atoms with Crippen LogP contribution in [0.3, 0.4) is 0 Å². The van der Waals surface area contributed by atoms with Gasteiger partial charge in [0.15, 0.2) is 9.84 Å². The first-order chi connectivity index (χ1) is 12.8. The third-order valence-corrected chi connectivity index (χ3v) is 6.79. The van der Waals surface area contributed by atoms with Gasteiger partial charge < -0.3 is 9.80 Å². The normalized spacial score (nSPS) is 22.7. The number of anilines is 1. The molecule has 1 aromatic carbocycles. The van der Waals surface area contributed by atoms with E-state index in [0.717, 1.165) is 44.7 Å². The first-order valence-corrected chi connectivity index (χ1v) is 11.3. The number of rotatable bonds is 5. The van der Waals surface area contributed by atoms with E-state index in [1.54, 1.807) is 6.07 Å². The van der Waals surface area contributed by atoms with Crippen molar-refractivity contribution in [3.8, 4) is 0 Å². The second-order valence-corrected chi connectivity index (χ2v) is 9.58. The summed E-state index contributed by atoms with van der Waals surface area (Å²) in [7, 11) is -1.46. The maximum absolute atomic E-state index is 12.0. The van der Waals surface area contributed by atoms with Crippen LogP contribution in [0.15, 0.2) is 23.1 Å². The van der Waals surface area contributed by atoms with Gasteiger partial charge in [-0.3, -0.25) is 15.0 Å². The van der Waals surface area contributed by atoms with Crippen LogP contribution in [0.4, 0.5) is 11.4 Å². The van der Waals surface area contributed by atoms with Crippen molar-refractivity contribution in [1.29, 1.82) is 0 Å². The molecular weight excluding hydrogens is 368 g/mol. The van der Waals surface area contributed by atoms with Crippen LogP contribution in [-0.2, 0) is 9.84 Å². The SMILES string of the molecule is CN1CCCCC1CN1CCN(c2ccc([N+](=O)[O-])c(S(C)(=O)=O)c2)CC1. The Kier molecular flexibility index (Phi) is 6.02. The number of nitro groups is 1. The topological polar surface area (TPSA) is 87.0 Å². The molecule has 27 heavy (non-hydrogen) atoms. The number of sulfone groups is 1. The van der Waals surface area contributed by atoms with Gasteiger partial charge in [0.2, 0.25) is 0 Å². The van der Waals surface area contributed by atoms with Crippen molar-refractivity contribution in [2.24, 2.45) is 0 Å². The average Bonchev–Trinajstić information content (AvgIpc) is 2.63. The van der Waals surface area contributed by atoms with Crippen molar-refractivity contribution in [2.75, 3.05) is 57.5 Å². The highest BCUT2D eigenvalue weighted by Crippen LogP contribution is 2.29. The van der Waals surface area contributed by atoms with Gasteiger partial charge in [0.25, 0.3) is 5.69 Å². The Morgan fingerprint density at radius 2 is 1.85 bits per heavy atom. The number of nitro benzene ring substituents is 1. The molecule has 150 valence electrons. The molecule has 0 amide bonds. The lowest BCUT2D eigenvalue weighted by atomic mass is 10.0. The number of likely N-dealkylation sites (tertiary alicyclic amines) is 1. The predicted molar refractivity (Wildman–Crippen MR) is 105 cm³/mol. The molecule has 1 aromatic rings. The van der Waals surface area contributed by atoms with E-state index in [0.29, 0.717) is 6.04 Å². The molecule has 2 saturated heterocycles. The van der Waals surface area contributed by atoms with Crippen molar-refractivity contribution in [3.63, 3.8) is 0 Å². The van der Waals surface area contributed by atoms with Gasteiger partial charge in [-0.1, -0.05) is 6.42 Å². The molecule has 0 saturated carbocycles. The Hall–Kier alpha value is -1.71. The average molecular weight is 397 g/mol. The molecule has 2 heterocycles. The molecule has 1 atom stereocenters. The minimum absolute atomic E-state index is 0.212. The molecule has 2 fully saturated rings. The van der Waals surface area contributed by atoms with Gasteiger partial charge in [-0.25, -0.2) is 8.42 Å². The molecule has 3 rings (SSSR count). The van der Waals surface area contributed by atoms with E-state index < -0.39 is 14.8 Å². The molecule has 0 bridgehead atoms. The number of benzene rings is 1. The minimum Gasteiger partial charge on any atom is -0.369 e. The summed E-state index contributed by atoms with van der Waals surface area (Å²) in [5.74, 6) is 0. The third kappa shape index (κ3) is 4.77. The molecule has 8 nitrogen and oxygen atoms in total. The van der Waals surface area contributed by atoms with Gasteiger partial charge in [0, 0.05) is 56.8 Å². The van der Waals surface area contributed by atoms with E-state index in [4.69, 9.17) is 0 Å². The van der Waals surface area contributed by atoms with Gasteiger partial charge in [-0.2, -0.15) is 0 Å². The lowest BCUT2D eigenvalue weighted by Gasteiger charge is -2.40. The van der Waals surface area contributed by atoms with Gasteiger partial charge in [-0.15, -0.1) is 0 Å². The predicted octanol–water partition coefficient (Wildman–Crippen LogP) is 1.60. The Morgan fingerprint density at radius 1 is 1.15 bits per heavy atom. The highest BCUT2D eigenvalue weighted by atomic mass is 32.2. The van der Waals surface area contributed by atoms with E-state index >= 15 is 0 Å². The third-order valence-electron chi connectivity index (χ3n) is 5.67. The van der Waals surface area contributed by atoms with Gasteiger partial charge in [0.1, 0.15) is 4.90 Å². The molecular formula is C18H28N4O4S. The van der Waals surface area contributed by atoms with Crippen molar-refractivity contribution in [3.05, 3.63) is 28.3 Å². The van der Waals surface area contributed by atoms with Crippen LogP contribution < -0.4 is 4.90 Å². The standard InChI is InChI=1S/C18H28N4O4S/c1-19-8-4-3-5-16(19)14-20-9-11-21(12-10-20)15-6-7-17(22(23)24)18(13-15)27(2,25)26/h6-7,13,16H,3-5,8-12,14H2,1-2H3. The summed E-state index contributed by atoms with van der Waals surface area (Å²) >= 11 is 0. The maximum atomic E-state index is 12.0. The first kappa shape index (κ1) is 20.0. The van der Waals surface area contributed by atoms with Crippen LogP contribution >= 0.6 is 0 Å². The first-order valence-electron chi connectivity index (χ1n) is 9.42. The van der Waals surface area contributed by atoms with Crippen LogP contribution in [0.2, 0.25) is 0 Å².